The van der Waals surface area contributed by atoms with Crippen molar-refractivity contribution in [3.8, 4) is 12.0 Å². The molecule has 0 bridgehead atoms. The van der Waals surface area contributed by atoms with Gasteiger partial charge in [-0.05, 0) is 44.2 Å². The standard InChI is InChI=1S/C27H24N12/c1-17-5-9-20(10-6-17)33-24-22(23(29-3)35-26(36-24)34-21-11-7-18(2)8-12-21)37-38-25-19(15-28)16-32-39(25)27-30-13-4-14-31-27/h4-14,16H,1-3H3,(H3,29,33,34,35,36). The highest BCUT2D eigenvalue weighted by Crippen LogP contribution is 2.36. The molecule has 3 aromatic heterocycles. The number of benzene rings is 2. The van der Waals surface area contributed by atoms with Crippen molar-refractivity contribution < 1.29 is 0 Å². The van der Waals surface area contributed by atoms with Crippen molar-refractivity contribution in [3.05, 3.63) is 89.9 Å². The molecule has 0 atom stereocenters. The highest BCUT2D eigenvalue weighted by Gasteiger charge is 2.18. The summed E-state index contributed by atoms with van der Waals surface area (Å²) in [7, 11) is 1.73. The lowest BCUT2D eigenvalue weighted by Crippen LogP contribution is -2.05. The molecule has 0 aliphatic heterocycles. The quantitative estimate of drug-likeness (QED) is 0.214. The lowest BCUT2D eigenvalue weighted by molar-refractivity contribution is 0.803. The molecule has 3 heterocycles. The van der Waals surface area contributed by atoms with Gasteiger partial charge in [-0.1, -0.05) is 35.4 Å². The van der Waals surface area contributed by atoms with Crippen LogP contribution in [-0.2, 0) is 0 Å². The topological polar surface area (TPSA) is 154 Å². The molecule has 0 saturated heterocycles. The van der Waals surface area contributed by atoms with E-state index < -0.39 is 0 Å². The molecular weight excluding hydrogens is 492 g/mol. The number of nitrogens with zero attached hydrogens (tertiary/aromatic N) is 9. The summed E-state index contributed by atoms with van der Waals surface area (Å²) in [5.74, 6) is 1.61. The summed E-state index contributed by atoms with van der Waals surface area (Å²) in [6.07, 6.45) is 4.54. The van der Waals surface area contributed by atoms with Crippen LogP contribution in [0.5, 0.6) is 0 Å². The summed E-state index contributed by atoms with van der Waals surface area (Å²) in [5.41, 5.74) is 4.46. The van der Waals surface area contributed by atoms with E-state index in [2.05, 4.69) is 52.3 Å². The van der Waals surface area contributed by atoms with Crippen LogP contribution in [0, 0.1) is 25.2 Å². The van der Waals surface area contributed by atoms with Gasteiger partial charge in [0.05, 0.1) is 6.20 Å². The average molecular weight is 517 g/mol. The number of nitrogens with one attached hydrogen (secondary N) is 3. The van der Waals surface area contributed by atoms with Crippen molar-refractivity contribution in [3.63, 3.8) is 0 Å². The molecule has 192 valence electrons. The third-order valence-electron chi connectivity index (χ3n) is 5.59. The molecule has 2 aromatic carbocycles. The summed E-state index contributed by atoms with van der Waals surface area (Å²) >= 11 is 0. The largest absolute Gasteiger partial charge is 0.371 e. The summed E-state index contributed by atoms with van der Waals surface area (Å²) in [6.45, 7) is 4.04. The fourth-order valence-corrected chi connectivity index (χ4v) is 3.57. The fourth-order valence-electron chi connectivity index (χ4n) is 3.57. The summed E-state index contributed by atoms with van der Waals surface area (Å²) in [5, 5.41) is 32.3. The number of anilines is 5. The predicted octanol–water partition coefficient (Wildman–Crippen LogP) is 5.89. The summed E-state index contributed by atoms with van der Waals surface area (Å²) < 4.78 is 1.35. The average Bonchev–Trinajstić information content (AvgIpc) is 3.38. The molecule has 0 unspecified atom stereocenters. The van der Waals surface area contributed by atoms with Gasteiger partial charge in [-0.25, -0.2) is 9.97 Å². The number of hydrogen-bond acceptors (Lipinski definition) is 11. The second kappa shape index (κ2) is 11.1. The van der Waals surface area contributed by atoms with Crippen molar-refractivity contribution in [1.29, 1.82) is 5.26 Å². The van der Waals surface area contributed by atoms with Gasteiger partial charge < -0.3 is 16.0 Å². The maximum Gasteiger partial charge on any atom is 0.252 e. The Morgan fingerprint density at radius 2 is 1.44 bits per heavy atom. The minimum Gasteiger partial charge on any atom is -0.371 e. The Bertz CT molecular complexity index is 1650. The molecule has 0 radical (unpaired) electrons. The SMILES string of the molecule is CNc1nc(Nc2ccc(C)cc2)nc(Nc2ccc(C)cc2)c1N=Nc1c(C#N)cnn1-c1ncccn1. The summed E-state index contributed by atoms with van der Waals surface area (Å²) in [6, 6.07) is 19.6. The van der Waals surface area contributed by atoms with Gasteiger partial charge in [-0.15, -0.1) is 10.2 Å². The highest BCUT2D eigenvalue weighted by molar-refractivity contribution is 5.79. The third kappa shape index (κ3) is 5.67. The van der Waals surface area contributed by atoms with E-state index in [1.54, 1.807) is 25.5 Å². The van der Waals surface area contributed by atoms with E-state index >= 15 is 0 Å². The van der Waals surface area contributed by atoms with Crippen LogP contribution in [0.2, 0.25) is 0 Å². The second-order valence-corrected chi connectivity index (χ2v) is 8.48. The van der Waals surface area contributed by atoms with Gasteiger partial charge in [0.25, 0.3) is 5.95 Å². The molecule has 0 fully saturated rings. The van der Waals surface area contributed by atoms with Gasteiger partial charge in [-0.3, -0.25) is 0 Å². The first-order valence-electron chi connectivity index (χ1n) is 12.0. The van der Waals surface area contributed by atoms with Crippen molar-refractivity contribution in [2.45, 2.75) is 13.8 Å². The molecule has 5 aromatic rings. The van der Waals surface area contributed by atoms with Gasteiger partial charge >= 0.3 is 0 Å². The molecule has 5 rings (SSSR count). The highest BCUT2D eigenvalue weighted by atomic mass is 15.4. The van der Waals surface area contributed by atoms with Crippen LogP contribution in [-0.4, -0.2) is 36.8 Å². The first kappa shape index (κ1) is 25.0. The minimum absolute atomic E-state index is 0.175. The van der Waals surface area contributed by atoms with Gasteiger partial charge in [-0.2, -0.15) is 25.0 Å². The van der Waals surface area contributed by atoms with Crippen molar-refractivity contribution in [2.24, 2.45) is 10.2 Å². The van der Waals surface area contributed by atoms with Crippen LogP contribution >= 0.6 is 0 Å². The van der Waals surface area contributed by atoms with Gasteiger partial charge in [0, 0.05) is 30.8 Å². The fraction of sp³-hybridized carbons (Fsp3) is 0.111. The number of rotatable bonds is 8. The molecule has 39 heavy (non-hydrogen) atoms. The van der Waals surface area contributed by atoms with E-state index in [9.17, 15) is 5.26 Å². The smallest absolute Gasteiger partial charge is 0.252 e. The van der Waals surface area contributed by atoms with E-state index in [1.807, 2.05) is 62.4 Å². The first-order valence-corrected chi connectivity index (χ1v) is 12.0. The van der Waals surface area contributed by atoms with Crippen LogP contribution < -0.4 is 16.0 Å². The number of aromatic nitrogens is 6. The molecule has 0 saturated carbocycles. The zero-order chi connectivity index (χ0) is 27.2. The van der Waals surface area contributed by atoms with Gasteiger partial charge in [0.1, 0.15) is 11.6 Å². The maximum absolute atomic E-state index is 9.64. The zero-order valence-corrected chi connectivity index (χ0v) is 21.5. The molecule has 0 amide bonds. The number of azo groups is 1. The van der Waals surface area contributed by atoms with Crippen LogP contribution in [0.25, 0.3) is 5.95 Å². The molecule has 0 aliphatic carbocycles. The number of hydrogen-bond donors (Lipinski definition) is 3. The lowest BCUT2D eigenvalue weighted by atomic mass is 10.2. The molecule has 0 aliphatic rings. The molecule has 12 heteroatoms. The molecule has 0 spiro atoms. The first-order chi connectivity index (χ1) is 19.0. The van der Waals surface area contributed by atoms with Crippen LogP contribution in [0.1, 0.15) is 16.7 Å². The molecule has 3 N–H and O–H groups in total. The van der Waals surface area contributed by atoms with Gasteiger partial charge in [0.15, 0.2) is 23.1 Å². The second-order valence-electron chi connectivity index (χ2n) is 8.48. The van der Waals surface area contributed by atoms with Crippen LogP contribution in [0.3, 0.4) is 0 Å². The third-order valence-corrected chi connectivity index (χ3v) is 5.59. The Morgan fingerprint density at radius 3 is 2.05 bits per heavy atom. The van der Waals surface area contributed by atoms with E-state index in [0.717, 1.165) is 22.5 Å². The normalized spacial score (nSPS) is 10.8. The monoisotopic (exact) mass is 516 g/mol. The predicted molar refractivity (Wildman–Crippen MR) is 149 cm³/mol. The Balaban J connectivity index is 1.59. The van der Waals surface area contributed by atoms with E-state index in [1.165, 1.54) is 10.9 Å². The van der Waals surface area contributed by atoms with Crippen LogP contribution in [0.15, 0.2) is 83.4 Å². The maximum atomic E-state index is 9.64. The zero-order valence-electron chi connectivity index (χ0n) is 21.5. The Labute approximate surface area is 224 Å². The van der Waals surface area contributed by atoms with Gasteiger partial charge in [0.2, 0.25) is 5.95 Å². The molecule has 12 nitrogen and oxygen atoms in total. The summed E-state index contributed by atoms with van der Waals surface area (Å²) in [4.78, 5) is 17.7. The Morgan fingerprint density at radius 1 is 0.821 bits per heavy atom. The van der Waals surface area contributed by atoms with E-state index in [0.29, 0.717) is 23.3 Å². The van der Waals surface area contributed by atoms with E-state index in [-0.39, 0.29) is 17.3 Å². The Hall–Kier alpha value is -5.70. The molecular formula is C27H24N12. The minimum atomic E-state index is 0.175. The van der Waals surface area contributed by atoms with E-state index in [4.69, 9.17) is 4.98 Å². The Kier molecular flexibility index (Phi) is 7.13. The van der Waals surface area contributed by atoms with Crippen LogP contribution in [0.4, 0.5) is 40.5 Å². The number of nitriles is 1. The van der Waals surface area contributed by atoms with Crippen molar-refractivity contribution in [2.75, 3.05) is 23.0 Å². The number of aryl methyl sites for hydroxylation is 2. The lowest BCUT2D eigenvalue weighted by Gasteiger charge is -2.14. The van der Waals surface area contributed by atoms with Crippen molar-refractivity contribution >= 4 is 40.5 Å². The van der Waals surface area contributed by atoms with Crippen molar-refractivity contribution in [1.82, 2.24) is 29.7 Å².